The van der Waals surface area contributed by atoms with E-state index in [1.165, 1.54) is 24.0 Å². The lowest BCUT2D eigenvalue weighted by Gasteiger charge is -2.13. The molecule has 0 heterocycles. The Balaban J connectivity index is 1.51. The van der Waals surface area contributed by atoms with Gasteiger partial charge in [-0.3, -0.25) is 0 Å². The maximum Gasteiger partial charge on any atom is 0.161 e. The molecular formula is C20H25NO2. The molecule has 3 nitrogen and oxygen atoms in total. The van der Waals surface area contributed by atoms with E-state index in [0.717, 1.165) is 36.9 Å². The van der Waals surface area contributed by atoms with Crippen LogP contribution in [0, 0.1) is 5.92 Å². The first-order chi connectivity index (χ1) is 11.3. The molecule has 0 unspecified atom stereocenters. The molecular weight excluding hydrogens is 286 g/mol. The van der Waals surface area contributed by atoms with E-state index in [1.807, 2.05) is 12.1 Å². The van der Waals surface area contributed by atoms with Gasteiger partial charge in [-0.15, -0.1) is 0 Å². The second-order valence-corrected chi connectivity index (χ2v) is 6.14. The summed E-state index contributed by atoms with van der Waals surface area (Å²) >= 11 is 0. The summed E-state index contributed by atoms with van der Waals surface area (Å²) in [4.78, 5) is 0. The van der Waals surface area contributed by atoms with Crippen molar-refractivity contribution in [3.8, 4) is 11.5 Å². The number of ether oxygens (including phenoxy) is 2. The van der Waals surface area contributed by atoms with Crippen LogP contribution in [0.3, 0.4) is 0 Å². The van der Waals surface area contributed by atoms with E-state index < -0.39 is 0 Å². The highest BCUT2D eigenvalue weighted by molar-refractivity contribution is 5.43. The van der Waals surface area contributed by atoms with Crippen molar-refractivity contribution in [3.63, 3.8) is 0 Å². The maximum atomic E-state index is 5.89. The molecule has 0 aliphatic heterocycles. The fraction of sp³-hybridized carbons (Fsp3) is 0.400. The number of nitrogens with one attached hydrogen (secondary N) is 1. The van der Waals surface area contributed by atoms with Crippen molar-refractivity contribution in [3.05, 3.63) is 59.7 Å². The van der Waals surface area contributed by atoms with Crippen molar-refractivity contribution in [2.24, 2.45) is 5.92 Å². The molecule has 23 heavy (non-hydrogen) atoms. The average molecular weight is 311 g/mol. The second-order valence-electron chi connectivity index (χ2n) is 6.14. The summed E-state index contributed by atoms with van der Waals surface area (Å²) in [6.07, 6.45) is 3.66. The molecule has 3 heteroatoms. The minimum Gasteiger partial charge on any atom is -0.493 e. The zero-order chi connectivity index (χ0) is 15.9. The van der Waals surface area contributed by atoms with Gasteiger partial charge in [-0.25, -0.2) is 0 Å². The van der Waals surface area contributed by atoms with Gasteiger partial charge >= 0.3 is 0 Å². The fourth-order valence-corrected chi connectivity index (χ4v) is 2.61. The molecule has 122 valence electrons. The molecule has 0 atom stereocenters. The SMILES string of the molecule is COc1cc(CNCC2CC2)ccc1OCCc1ccccc1. The van der Waals surface area contributed by atoms with Crippen LogP contribution in [0.2, 0.25) is 0 Å². The van der Waals surface area contributed by atoms with Crippen molar-refractivity contribution >= 4 is 0 Å². The number of hydrogen-bond donors (Lipinski definition) is 1. The van der Waals surface area contributed by atoms with Crippen LogP contribution in [0.4, 0.5) is 0 Å². The minimum absolute atomic E-state index is 0.652. The van der Waals surface area contributed by atoms with Crippen LogP contribution in [-0.4, -0.2) is 20.3 Å². The highest BCUT2D eigenvalue weighted by atomic mass is 16.5. The molecule has 0 saturated heterocycles. The van der Waals surface area contributed by atoms with Crippen molar-refractivity contribution in [1.82, 2.24) is 5.32 Å². The lowest BCUT2D eigenvalue weighted by Crippen LogP contribution is -2.16. The third-order valence-electron chi connectivity index (χ3n) is 4.18. The van der Waals surface area contributed by atoms with E-state index in [1.54, 1.807) is 7.11 Å². The van der Waals surface area contributed by atoms with Gasteiger partial charge in [0.05, 0.1) is 13.7 Å². The fourth-order valence-electron chi connectivity index (χ4n) is 2.61. The molecule has 1 fully saturated rings. The molecule has 1 saturated carbocycles. The lowest BCUT2D eigenvalue weighted by molar-refractivity contribution is 0.297. The zero-order valence-corrected chi connectivity index (χ0v) is 13.8. The van der Waals surface area contributed by atoms with Gasteiger partial charge in [0, 0.05) is 13.0 Å². The van der Waals surface area contributed by atoms with Gasteiger partial charge in [-0.2, -0.15) is 0 Å². The van der Waals surface area contributed by atoms with Crippen molar-refractivity contribution in [2.75, 3.05) is 20.3 Å². The van der Waals surface area contributed by atoms with Crippen LogP contribution in [0.1, 0.15) is 24.0 Å². The number of hydrogen-bond acceptors (Lipinski definition) is 3. The summed E-state index contributed by atoms with van der Waals surface area (Å²) in [5, 5.41) is 3.50. The van der Waals surface area contributed by atoms with E-state index in [9.17, 15) is 0 Å². The van der Waals surface area contributed by atoms with Crippen LogP contribution < -0.4 is 14.8 Å². The number of methoxy groups -OCH3 is 1. The molecule has 0 bridgehead atoms. The molecule has 3 rings (SSSR count). The van der Waals surface area contributed by atoms with Crippen molar-refractivity contribution in [2.45, 2.75) is 25.8 Å². The van der Waals surface area contributed by atoms with Crippen LogP contribution in [0.15, 0.2) is 48.5 Å². The summed E-state index contributed by atoms with van der Waals surface area (Å²) in [5.74, 6) is 2.52. The van der Waals surface area contributed by atoms with E-state index >= 15 is 0 Å². The summed E-state index contributed by atoms with van der Waals surface area (Å²) in [5.41, 5.74) is 2.52. The Kier molecular flexibility index (Phi) is 5.54. The summed E-state index contributed by atoms with van der Waals surface area (Å²) in [6, 6.07) is 16.6. The van der Waals surface area contributed by atoms with Crippen LogP contribution >= 0.6 is 0 Å². The Bertz CT molecular complexity index is 608. The summed E-state index contributed by atoms with van der Waals surface area (Å²) in [6.45, 7) is 2.66. The summed E-state index contributed by atoms with van der Waals surface area (Å²) < 4.78 is 11.4. The zero-order valence-electron chi connectivity index (χ0n) is 13.8. The molecule has 2 aromatic carbocycles. The first-order valence-electron chi connectivity index (χ1n) is 8.39. The van der Waals surface area contributed by atoms with E-state index in [-0.39, 0.29) is 0 Å². The molecule has 0 aromatic heterocycles. The normalized spacial score (nSPS) is 13.8. The van der Waals surface area contributed by atoms with Gasteiger partial charge in [0.15, 0.2) is 11.5 Å². The Morgan fingerprint density at radius 3 is 2.57 bits per heavy atom. The lowest BCUT2D eigenvalue weighted by atomic mass is 10.1. The molecule has 0 spiro atoms. The number of rotatable bonds is 9. The standard InChI is InChI=1S/C20H25NO2/c1-22-20-13-18(15-21-14-17-7-8-17)9-10-19(20)23-12-11-16-5-3-2-4-6-16/h2-6,9-10,13,17,21H,7-8,11-12,14-15H2,1H3. The first kappa shape index (κ1) is 15.9. The van der Waals surface area contributed by atoms with Gasteiger partial charge < -0.3 is 14.8 Å². The van der Waals surface area contributed by atoms with E-state index in [2.05, 4.69) is 41.7 Å². The first-order valence-corrected chi connectivity index (χ1v) is 8.39. The average Bonchev–Trinajstić information content (AvgIpc) is 3.41. The van der Waals surface area contributed by atoms with Gasteiger partial charge in [0.25, 0.3) is 0 Å². The maximum absolute atomic E-state index is 5.89. The molecule has 0 radical (unpaired) electrons. The monoisotopic (exact) mass is 311 g/mol. The largest absolute Gasteiger partial charge is 0.493 e. The predicted molar refractivity (Wildman–Crippen MR) is 93.1 cm³/mol. The van der Waals surface area contributed by atoms with Crippen LogP contribution in [-0.2, 0) is 13.0 Å². The third kappa shape index (κ3) is 5.00. The number of benzene rings is 2. The quantitative estimate of drug-likeness (QED) is 0.764. The molecule has 1 aliphatic rings. The third-order valence-corrected chi connectivity index (χ3v) is 4.18. The second kappa shape index (κ2) is 8.02. The van der Waals surface area contributed by atoms with Gasteiger partial charge in [0.2, 0.25) is 0 Å². The molecule has 2 aromatic rings. The smallest absolute Gasteiger partial charge is 0.161 e. The predicted octanol–water partition coefficient (Wildman–Crippen LogP) is 3.82. The van der Waals surface area contributed by atoms with Gasteiger partial charge in [0.1, 0.15) is 0 Å². The highest BCUT2D eigenvalue weighted by Gasteiger charge is 2.20. The Morgan fingerprint density at radius 2 is 1.83 bits per heavy atom. The molecule has 1 aliphatic carbocycles. The Labute approximate surface area is 138 Å². The van der Waals surface area contributed by atoms with Crippen molar-refractivity contribution in [1.29, 1.82) is 0 Å². The van der Waals surface area contributed by atoms with E-state index in [4.69, 9.17) is 9.47 Å². The molecule has 0 amide bonds. The highest BCUT2D eigenvalue weighted by Crippen LogP contribution is 2.29. The van der Waals surface area contributed by atoms with Crippen LogP contribution in [0.25, 0.3) is 0 Å². The van der Waals surface area contributed by atoms with E-state index in [0.29, 0.717) is 6.61 Å². The minimum atomic E-state index is 0.652. The summed E-state index contributed by atoms with van der Waals surface area (Å²) in [7, 11) is 1.70. The van der Waals surface area contributed by atoms with Crippen molar-refractivity contribution < 1.29 is 9.47 Å². The van der Waals surface area contributed by atoms with Crippen LogP contribution in [0.5, 0.6) is 11.5 Å². The van der Waals surface area contributed by atoms with Gasteiger partial charge in [-0.1, -0.05) is 36.4 Å². The topological polar surface area (TPSA) is 30.5 Å². The van der Waals surface area contributed by atoms with Gasteiger partial charge in [-0.05, 0) is 48.6 Å². The Morgan fingerprint density at radius 1 is 1.00 bits per heavy atom. The molecule has 1 N–H and O–H groups in total. The Hall–Kier alpha value is -2.00.